The van der Waals surface area contributed by atoms with Crippen molar-refractivity contribution in [2.24, 2.45) is 0 Å². The quantitative estimate of drug-likeness (QED) is 0.277. The highest BCUT2D eigenvalue weighted by molar-refractivity contribution is 6.00. The predicted octanol–water partition coefficient (Wildman–Crippen LogP) is 3.78. The van der Waals surface area contributed by atoms with Gasteiger partial charge in [-0.05, 0) is 35.0 Å². The number of fused-ring (bicyclic) bond motifs is 4. The smallest absolute Gasteiger partial charge is 0.303 e. The lowest BCUT2D eigenvalue weighted by atomic mass is 10.0. The fourth-order valence-corrected chi connectivity index (χ4v) is 4.02. The molecule has 0 bridgehead atoms. The SMILES string of the molecule is COc1cc2cc3c4cc(OC)c(OC)cc4cc[n+]3c(CCC(=O)O)c2cc1OC. The van der Waals surface area contributed by atoms with Crippen LogP contribution in [-0.4, -0.2) is 39.5 Å². The molecule has 0 radical (unpaired) electrons. The van der Waals surface area contributed by atoms with Gasteiger partial charge in [-0.25, -0.2) is 0 Å². The van der Waals surface area contributed by atoms with Crippen molar-refractivity contribution in [1.82, 2.24) is 0 Å². The van der Waals surface area contributed by atoms with Crippen LogP contribution in [0.15, 0.2) is 42.6 Å². The Hall–Kier alpha value is -3.74. The number of nitrogens with zero attached hydrogens (tertiary/aromatic N) is 1. The van der Waals surface area contributed by atoms with Gasteiger partial charge in [-0.2, -0.15) is 4.40 Å². The molecule has 4 aromatic rings. The number of hydrogen-bond donors (Lipinski definition) is 1. The van der Waals surface area contributed by atoms with Gasteiger partial charge in [0.05, 0.1) is 45.6 Å². The summed E-state index contributed by atoms with van der Waals surface area (Å²) in [6, 6.07) is 11.7. The van der Waals surface area contributed by atoms with Crippen molar-refractivity contribution in [1.29, 1.82) is 0 Å². The standard InChI is InChI=1S/C24H23NO6/c1-28-20-10-14-7-8-25-18(5-6-24(26)27)17-13-23(31-4)21(29-2)11-15(17)9-19(25)16(14)12-22(20)30-3/h7-13H,5-6H2,1-4H3/p+1. The molecule has 0 unspecified atom stereocenters. The van der Waals surface area contributed by atoms with E-state index in [0.29, 0.717) is 29.4 Å². The summed E-state index contributed by atoms with van der Waals surface area (Å²) in [5.74, 6) is 1.64. The third kappa shape index (κ3) is 3.52. The van der Waals surface area contributed by atoms with Gasteiger partial charge in [0.1, 0.15) is 0 Å². The molecule has 0 aliphatic rings. The predicted molar refractivity (Wildman–Crippen MR) is 117 cm³/mol. The second-order valence-electron chi connectivity index (χ2n) is 7.14. The molecule has 0 saturated carbocycles. The number of methoxy groups -OCH3 is 4. The molecule has 7 nitrogen and oxygen atoms in total. The first kappa shape index (κ1) is 20.5. The molecule has 0 saturated heterocycles. The maximum atomic E-state index is 11.4. The van der Waals surface area contributed by atoms with E-state index in [4.69, 9.17) is 18.9 Å². The van der Waals surface area contributed by atoms with Gasteiger partial charge in [-0.15, -0.1) is 0 Å². The lowest BCUT2D eigenvalue weighted by molar-refractivity contribution is -0.518. The Bertz CT molecular complexity index is 1310. The van der Waals surface area contributed by atoms with E-state index in [1.54, 1.807) is 28.4 Å². The van der Waals surface area contributed by atoms with Gasteiger partial charge in [0, 0.05) is 18.6 Å². The van der Waals surface area contributed by atoms with Crippen molar-refractivity contribution in [2.75, 3.05) is 28.4 Å². The van der Waals surface area contributed by atoms with Gasteiger partial charge in [0.15, 0.2) is 34.9 Å². The molecular formula is C24H24NO6+. The van der Waals surface area contributed by atoms with Crippen molar-refractivity contribution in [3.05, 3.63) is 48.3 Å². The van der Waals surface area contributed by atoms with Crippen LogP contribution < -0.4 is 23.3 Å². The Morgan fingerprint density at radius 2 is 1.35 bits per heavy atom. The summed E-state index contributed by atoms with van der Waals surface area (Å²) in [5, 5.41) is 13.1. The van der Waals surface area contributed by atoms with Crippen LogP contribution in [0.25, 0.3) is 27.1 Å². The fourth-order valence-electron chi connectivity index (χ4n) is 4.02. The number of pyridine rings is 2. The summed E-state index contributed by atoms with van der Waals surface area (Å²) < 4.78 is 24.0. The van der Waals surface area contributed by atoms with Crippen molar-refractivity contribution >= 4 is 33.0 Å². The summed E-state index contributed by atoms with van der Waals surface area (Å²) in [6.45, 7) is 0. The number of aromatic nitrogens is 1. The van der Waals surface area contributed by atoms with Gasteiger partial charge in [0.25, 0.3) is 0 Å². The molecular weight excluding hydrogens is 398 g/mol. The van der Waals surface area contributed by atoms with Crippen LogP contribution in [0.2, 0.25) is 0 Å². The van der Waals surface area contributed by atoms with E-state index in [2.05, 4.69) is 6.07 Å². The van der Waals surface area contributed by atoms with E-state index >= 15 is 0 Å². The number of hydrogen-bond acceptors (Lipinski definition) is 5. The largest absolute Gasteiger partial charge is 0.493 e. The Kier molecular flexibility index (Phi) is 5.42. The normalized spacial score (nSPS) is 11.1. The van der Waals surface area contributed by atoms with Gasteiger partial charge < -0.3 is 24.1 Å². The first-order valence-electron chi connectivity index (χ1n) is 9.80. The first-order chi connectivity index (χ1) is 15.0. The molecule has 0 amide bonds. The van der Waals surface area contributed by atoms with Crippen LogP contribution in [0, 0.1) is 0 Å². The van der Waals surface area contributed by atoms with Crippen molar-refractivity contribution in [2.45, 2.75) is 12.8 Å². The molecule has 0 aliphatic carbocycles. The monoisotopic (exact) mass is 422 g/mol. The number of aryl methyl sites for hydroxylation is 1. The molecule has 0 fully saturated rings. The van der Waals surface area contributed by atoms with Crippen LogP contribution in [-0.2, 0) is 11.2 Å². The number of ether oxygens (including phenoxy) is 4. The minimum Gasteiger partial charge on any atom is -0.493 e. The summed E-state index contributed by atoms with van der Waals surface area (Å²) in [6.07, 6.45) is 2.33. The van der Waals surface area contributed by atoms with Crippen molar-refractivity contribution in [3.8, 4) is 23.0 Å². The minimum absolute atomic E-state index is 0.0134. The van der Waals surface area contributed by atoms with Crippen molar-refractivity contribution < 1.29 is 33.2 Å². The maximum Gasteiger partial charge on any atom is 0.303 e. The highest BCUT2D eigenvalue weighted by Crippen LogP contribution is 2.37. The van der Waals surface area contributed by atoms with Crippen LogP contribution in [0.3, 0.4) is 0 Å². The summed E-state index contributed by atoms with van der Waals surface area (Å²) in [7, 11) is 6.39. The van der Waals surface area contributed by atoms with E-state index < -0.39 is 5.97 Å². The summed E-state index contributed by atoms with van der Waals surface area (Å²) in [5.41, 5.74) is 1.81. The second-order valence-corrected chi connectivity index (χ2v) is 7.14. The zero-order chi connectivity index (χ0) is 22.1. The average Bonchev–Trinajstić information content (AvgIpc) is 2.79. The van der Waals surface area contributed by atoms with E-state index in [9.17, 15) is 9.90 Å². The molecule has 1 N–H and O–H groups in total. The van der Waals surface area contributed by atoms with Crippen LogP contribution in [0.1, 0.15) is 12.1 Å². The Labute approximate surface area is 179 Å². The number of aliphatic carboxylic acids is 1. The fraction of sp³-hybridized carbons (Fsp3) is 0.250. The van der Waals surface area contributed by atoms with Gasteiger partial charge >= 0.3 is 5.97 Å². The van der Waals surface area contributed by atoms with Gasteiger partial charge in [-0.1, -0.05) is 0 Å². The molecule has 0 atom stereocenters. The Balaban J connectivity index is 2.12. The second kappa shape index (κ2) is 8.18. The lowest BCUT2D eigenvalue weighted by Crippen LogP contribution is -2.28. The highest BCUT2D eigenvalue weighted by Gasteiger charge is 2.22. The van der Waals surface area contributed by atoms with E-state index in [1.807, 2.05) is 40.9 Å². The lowest BCUT2D eigenvalue weighted by Gasteiger charge is -2.12. The number of carbonyl (C=O) groups is 1. The number of benzene rings is 2. The molecule has 4 rings (SSSR count). The van der Waals surface area contributed by atoms with Crippen molar-refractivity contribution in [3.63, 3.8) is 0 Å². The molecule has 160 valence electrons. The topological polar surface area (TPSA) is 78.3 Å². The highest BCUT2D eigenvalue weighted by atomic mass is 16.5. The zero-order valence-corrected chi connectivity index (χ0v) is 17.9. The van der Waals surface area contributed by atoms with Crippen LogP contribution >= 0.6 is 0 Å². The number of carboxylic acids is 1. The molecule has 2 heterocycles. The summed E-state index contributed by atoms with van der Waals surface area (Å²) in [4.78, 5) is 11.4. The maximum absolute atomic E-state index is 11.4. The molecule has 2 aromatic carbocycles. The van der Waals surface area contributed by atoms with Crippen LogP contribution in [0.5, 0.6) is 23.0 Å². The molecule has 7 heteroatoms. The van der Waals surface area contributed by atoms with E-state index in [-0.39, 0.29) is 6.42 Å². The number of rotatable bonds is 7. The van der Waals surface area contributed by atoms with E-state index in [1.165, 1.54) is 0 Å². The van der Waals surface area contributed by atoms with E-state index in [0.717, 1.165) is 32.8 Å². The zero-order valence-electron chi connectivity index (χ0n) is 17.9. The molecule has 0 spiro atoms. The molecule has 31 heavy (non-hydrogen) atoms. The molecule has 2 aromatic heterocycles. The third-order valence-electron chi connectivity index (χ3n) is 5.52. The average molecular weight is 422 g/mol. The van der Waals surface area contributed by atoms with Gasteiger partial charge in [-0.3, -0.25) is 4.79 Å². The minimum atomic E-state index is -0.849. The third-order valence-corrected chi connectivity index (χ3v) is 5.52. The summed E-state index contributed by atoms with van der Waals surface area (Å²) >= 11 is 0. The van der Waals surface area contributed by atoms with Crippen LogP contribution in [0.4, 0.5) is 0 Å². The Morgan fingerprint density at radius 3 is 1.94 bits per heavy atom. The van der Waals surface area contributed by atoms with Gasteiger partial charge in [0.2, 0.25) is 5.52 Å². The first-order valence-corrected chi connectivity index (χ1v) is 9.80. The number of carboxylic acid groups (broad SMARTS) is 1. The Morgan fingerprint density at radius 1 is 0.806 bits per heavy atom. The molecule has 0 aliphatic heterocycles.